The first-order chi connectivity index (χ1) is 11.1. The average molecular weight is 335 g/mol. The Kier molecular flexibility index (Phi) is 5.03. The van der Waals surface area contributed by atoms with Crippen molar-refractivity contribution in [2.24, 2.45) is 0 Å². The normalized spacial score (nSPS) is 17.9. The second-order valence-electron chi connectivity index (χ2n) is 5.53. The summed E-state index contributed by atoms with van der Waals surface area (Å²) in [5.41, 5.74) is 1.41. The van der Waals surface area contributed by atoms with Crippen LogP contribution in [-0.4, -0.2) is 30.3 Å². The minimum Gasteiger partial charge on any atom is -0.459 e. The molecular formula is C17H18FNO3S. The van der Waals surface area contributed by atoms with Crippen LogP contribution in [-0.2, 0) is 9.47 Å². The SMILES string of the molecule is Cc1nc(-c2ccc(F)cc2)sc1C(=O)OCC1CCCCO1. The van der Waals surface area contributed by atoms with Gasteiger partial charge >= 0.3 is 5.97 Å². The fraction of sp³-hybridized carbons (Fsp3) is 0.412. The van der Waals surface area contributed by atoms with Crippen molar-refractivity contribution >= 4 is 17.3 Å². The van der Waals surface area contributed by atoms with Gasteiger partial charge in [-0.25, -0.2) is 14.2 Å². The maximum atomic E-state index is 13.0. The summed E-state index contributed by atoms with van der Waals surface area (Å²) in [7, 11) is 0. The first-order valence-electron chi connectivity index (χ1n) is 7.65. The molecule has 1 saturated heterocycles. The summed E-state index contributed by atoms with van der Waals surface area (Å²) in [5.74, 6) is -0.670. The van der Waals surface area contributed by atoms with Crippen LogP contribution in [0.4, 0.5) is 4.39 Å². The standard InChI is InChI=1S/C17H18FNO3S/c1-11-15(17(20)22-10-14-4-2-3-9-21-14)23-16(19-11)12-5-7-13(18)8-6-12/h5-8,14H,2-4,9-10H2,1H3. The van der Waals surface area contributed by atoms with E-state index in [9.17, 15) is 9.18 Å². The number of aryl methyl sites for hydroxylation is 1. The number of hydrogen-bond donors (Lipinski definition) is 0. The molecule has 122 valence electrons. The van der Waals surface area contributed by atoms with Crippen molar-refractivity contribution in [3.05, 3.63) is 40.7 Å². The molecular weight excluding hydrogens is 317 g/mol. The van der Waals surface area contributed by atoms with Gasteiger partial charge in [0.25, 0.3) is 0 Å². The Morgan fingerprint density at radius 2 is 2.17 bits per heavy atom. The van der Waals surface area contributed by atoms with Gasteiger partial charge in [-0.1, -0.05) is 0 Å². The van der Waals surface area contributed by atoms with E-state index in [1.165, 1.54) is 23.5 Å². The van der Waals surface area contributed by atoms with Crippen LogP contribution in [0.3, 0.4) is 0 Å². The summed E-state index contributed by atoms with van der Waals surface area (Å²) in [6.45, 7) is 2.79. The molecule has 0 radical (unpaired) electrons. The Hall–Kier alpha value is -1.79. The van der Waals surface area contributed by atoms with Crippen LogP contribution in [0.25, 0.3) is 10.6 Å². The molecule has 2 aromatic rings. The Morgan fingerprint density at radius 3 is 2.87 bits per heavy atom. The molecule has 1 aliphatic rings. The molecule has 0 spiro atoms. The van der Waals surface area contributed by atoms with Gasteiger partial charge in [-0.2, -0.15) is 0 Å². The van der Waals surface area contributed by atoms with Crippen molar-refractivity contribution in [3.63, 3.8) is 0 Å². The Labute approximate surface area is 138 Å². The van der Waals surface area contributed by atoms with E-state index in [0.717, 1.165) is 31.4 Å². The van der Waals surface area contributed by atoms with Gasteiger partial charge in [0, 0.05) is 12.2 Å². The lowest BCUT2D eigenvalue weighted by atomic mass is 10.1. The molecule has 0 saturated carbocycles. The molecule has 1 unspecified atom stereocenters. The summed E-state index contributed by atoms with van der Waals surface area (Å²) in [5, 5.41) is 0.684. The second-order valence-corrected chi connectivity index (χ2v) is 6.53. The predicted molar refractivity (Wildman–Crippen MR) is 86.1 cm³/mol. The molecule has 0 aliphatic carbocycles. The molecule has 1 aromatic heterocycles. The first kappa shape index (κ1) is 16.1. The zero-order valence-corrected chi connectivity index (χ0v) is 13.7. The third-order valence-corrected chi connectivity index (χ3v) is 4.93. The van der Waals surface area contributed by atoms with Crippen molar-refractivity contribution in [3.8, 4) is 10.6 Å². The van der Waals surface area contributed by atoms with Gasteiger partial charge in [0.15, 0.2) is 0 Å². The summed E-state index contributed by atoms with van der Waals surface area (Å²) in [4.78, 5) is 17.1. The molecule has 6 heteroatoms. The van der Waals surface area contributed by atoms with Gasteiger partial charge < -0.3 is 9.47 Å². The van der Waals surface area contributed by atoms with Crippen LogP contribution < -0.4 is 0 Å². The number of ether oxygens (including phenoxy) is 2. The number of esters is 1. The molecule has 1 fully saturated rings. The van der Waals surface area contributed by atoms with E-state index in [1.54, 1.807) is 19.1 Å². The molecule has 1 aliphatic heterocycles. The van der Waals surface area contributed by atoms with Crippen molar-refractivity contribution in [1.29, 1.82) is 0 Å². The van der Waals surface area contributed by atoms with Crippen LogP contribution in [0.2, 0.25) is 0 Å². The molecule has 23 heavy (non-hydrogen) atoms. The zero-order valence-electron chi connectivity index (χ0n) is 12.9. The number of carbonyl (C=O) groups excluding carboxylic acids is 1. The number of nitrogens with zero attached hydrogens (tertiary/aromatic N) is 1. The van der Waals surface area contributed by atoms with Crippen LogP contribution in [0.5, 0.6) is 0 Å². The summed E-state index contributed by atoms with van der Waals surface area (Å²) >= 11 is 1.26. The molecule has 4 nitrogen and oxygen atoms in total. The highest BCUT2D eigenvalue weighted by atomic mass is 32.1. The minimum atomic E-state index is -0.373. The fourth-order valence-electron chi connectivity index (χ4n) is 2.47. The van der Waals surface area contributed by atoms with Gasteiger partial charge in [0.2, 0.25) is 0 Å². The van der Waals surface area contributed by atoms with Gasteiger partial charge in [0.1, 0.15) is 22.3 Å². The van der Waals surface area contributed by atoms with Crippen LogP contribution >= 0.6 is 11.3 Å². The number of rotatable bonds is 4. The largest absolute Gasteiger partial charge is 0.459 e. The van der Waals surface area contributed by atoms with E-state index in [4.69, 9.17) is 9.47 Å². The van der Waals surface area contributed by atoms with Crippen LogP contribution in [0, 0.1) is 12.7 Å². The number of thiazole rings is 1. The van der Waals surface area contributed by atoms with Gasteiger partial charge in [-0.15, -0.1) is 11.3 Å². The van der Waals surface area contributed by atoms with E-state index in [1.807, 2.05) is 0 Å². The highest BCUT2D eigenvalue weighted by Gasteiger charge is 2.20. The van der Waals surface area contributed by atoms with Gasteiger partial charge in [-0.05, 0) is 50.5 Å². The molecule has 1 atom stereocenters. The number of halogens is 1. The molecule has 2 heterocycles. The number of carbonyl (C=O) groups is 1. The van der Waals surface area contributed by atoms with E-state index in [0.29, 0.717) is 15.6 Å². The van der Waals surface area contributed by atoms with Crippen LogP contribution in [0.1, 0.15) is 34.6 Å². The van der Waals surface area contributed by atoms with Crippen molar-refractivity contribution in [1.82, 2.24) is 4.98 Å². The maximum Gasteiger partial charge on any atom is 0.350 e. The lowest BCUT2D eigenvalue weighted by Crippen LogP contribution is -2.25. The van der Waals surface area contributed by atoms with E-state index >= 15 is 0 Å². The minimum absolute atomic E-state index is 0.00232. The lowest BCUT2D eigenvalue weighted by molar-refractivity contribution is -0.0298. The summed E-state index contributed by atoms with van der Waals surface area (Å²) in [6.07, 6.45) is 3.10. The second kappa shape index (κ2) is 7.19. The molecule has 1 aromatic carbocycles. The number of benzene rings is 1. The Bertz CT molecular complexity index is 678. The van der Waals surface area contributed by atoms with Gasteiger partial charge in [0.05, 0.1) is 11.8 Å². The van der Waals surface area contributed by atoms with Gasteiger partial charge in [-0.3, -0.25) is 0 Å². The topological polar surface area (TPSA) is 48.4 Å². The number of hydrogen-bond acceptors (Lipinski definition) is 5. The highest BCUT2D eigenvalue weighted by Crippen LogP contribution is 2.28. The summed E-state index contributed by atoms with van der Waals surface area (Å²) < 4.78 is 23.9. The quantitative estimate of drug-likeness (QED) is 0.793. The van der Waals surface area contributed by atoms with Crippen molar-refractivity contribution < 1.29 is 18.7 Å². The Balaban J connectivity index is 1.67. The maximum absolute atomic E-state index is 13.0. The smallest absolute Gasteiger partial charge is 0.350 e. The van der Waals surface area contributed by atoms with Crippen LogP contribution in [0.15, 0.2) is 24.3 Å². The van der Waals surface area contributed by atoms with Crippen molar-refractivity contribution in [2.75, 3.05) is 13.2 Å². The Morgan fingerprint density at radius 1 is 1.39 bits per heavy atom. The average Bonchev–Trinajstić information content (AvgIpc) is 2.96. The lowest BCUT2D eigenvalue weighted by Gasteiger charge is -2.21. The molecule has 0 N–H and O–H groups in total. The third kappa shape index (κ3) is 3.95. The monoisotopic (exact) mass is 335 g/mol. The predicted octanol–water partition coefficient (Wildman–Crippen LogP) is 3.98. The van der Waals surface area contributed by atoms with E-state index < -0.39 is 0 Å². The molecule has 0 bridgehead atoms. The zero-order chi connectivity index (χ0) is 16.2. The summed E-state index contributed by atoms with van der Waals surface area (Å²) in [6, 6.07) is 6.06. The van der Waals surface area contributed by atoms with E-state index in [2.05, 4.69) is 4.98 Å². The fourth-order valence-corrected chi connectivity index (χ4v) is 3.44. The first-order valence-corrected chi connectivity index (χ1v) is 8.47. The van der Waals surface area contributed by atoms with Crippen molar-refractivity contribution in [2.45, 2.75) is 32.3 Å². The highest BCUT2D eigenvalue weighted by molar-refractivity contribution is 7.17. The van der Waals surface area contributed by atoms with E-state index in [-0.39, 0.29) is 24.5 Å². The number of aromatic nitrogens is 1. The third-order valence-electron chi connectivity index (χ3n) is 3.75. The molecule has 0 amide bonds. The molecule has 3 rings (SSSR count).